The van der Waals surface area contributed by atoms with Crippen molar-refractivity contribution < 1.29 is 9.53 Å². The van der Waals surface area contributed by atoms with Crippen LogP contribution in [0.15, 0.2) is 42.7 Å². The van der Waals surface area contributed by atoms with Gasteiger partial charge in [0, 0.05) is 6.54 Å². The first-order chi connectivity index (χ1) is 6.86. The average molecular weight is 189 g/mol. The Morgan fingerprint density at radius 3 is 2.71 bits per heavy atom. The number of rotatable bonds is 3. The summed E-state index contributed by atoms with van der Waals surface area (Å²) >= 11 is 0. The third-order valence-corrected chi connectivity index (χ3v) is 2.08. The van der Waals surface area contributed by atoms with Gasteiger partial charge in [0.2, 0.25) is 0 Å². The zero-order valence-corrected chi connectivity index (χ0v) is 7.64. The maximum absolute atomic E-state index is 11.0. The molecule has 0 radical (unpaired) electrons. The van der Waals surface area contributed by atoms with E-state index in [0.29, 0.717) is 6.54 Å². The first kappa shape index (κ1) is 8.97. The van der Waals surface area contributed by atoms with Crippen molar-refractivity contribution in [2.24, 2.45) is 0 Å². The number of esters is 1. The van der Waals surface area contributed by atoms with Gasteiger partial charge in [0.05, 0.1) is 6.26 Å². The van der Waals surface area contributed by atoms with Gasteiger partial charge in [-0.25, -0.2) is 4.79 Å². The molecule has 0 aromatic heterocycles. The molecule has 3 heteroatoms. The van der Waals surface area contributed by atoms with Gasteiger partial charge in [0.25, 0.3) is 0 Å². The Morgan fingerprint density at radius 2 is 2.07 bits per heavy atom. The van der Waals surface area contributed by atoms with E-state index in [9.17, 15) is 4.79 Å². The van der Waals surface area contributed by atoms with Gasteiger partial charge in [-0.2, -0.15) is 0 Å². The van der Waals surface area contributed by atoms with Crippen LogP contribution in [0.1, 0.15) is 5.56 Å². The van der Waals surface area contributed by atoms with Crippen LogP contribution in [-0.4, -0.2) is 12.0 Å². The summed E-state index contributed by atoms with van der Waals surface area (Å²) in [5, 5.41) is 3.09. The van der Waals surface area contributed by atoms with Crippen LogP contribution in [0.25, 0.3) is 0 Å². The summed E-state index contributed by atoms with van der Waals surface area (Å²) in [6, 6.07) is 9.64. The van der Waals surface area contributed by atoms with Gasteiger partial charge in [0.1, 0.15) is 6.04 Å². The molecule has 0 saturated carbocycles. The molecule has 0 bridgehead atoms. The first-order valence-electron chi connectivity index (χ1n) is 4.51. The molecule has 14 heavy (non-hydrogen) atoms. The van der Waals surface area contributed by atoms with Crippen molar-refractivity contribution in [2.45, 2.75) is 12.6 Å². The number of hydrogen-bond donors (Lipinski definition) is 1. The highest BCUT2D eigenvalue weighted by Crippen LogP contribution is 2.04. The lowest BCUT2D eigenvalue weighted by molar-refractivity contribution is -0.137. The number of carbonyl (C=O) groups excluding carboxylic acids is 1. The summed E-state index contributed by atoms with van der Waals surface area (Å²) in [6.45, 7) is 0.672. The molecule has 0 fully saturated rings. The molecular weight excluding hydrogens is 178 g/mol. The average Bonchev–Trinajstić information content (AvgIpc) is 2.63. The highest BCUT2D eigenvalue weighted by atomic mass is 16.5. The number of cyclic esters (lactones) is 1. The van der Waals surface area contributed by atoms with Crippen molar-refractivity contribution in [3.8, 4) is 0 Å². The molecule has 1 N–H and O–H groups in total. The second-order valence-corrected chi connectivity index (χ2v) is 3.11. The van der Waals surface area contributed by atoms with Crippen LogP contribution >= 0.6 is 0 Å². The van der Waals surface area contributed by atoms with Crippen molar-refractivity contribution >= 4 is 5.97 Å². The van der Waals surface area contributed by atoms with Crippen molar-refractivity contribution in [3.05, 3.63) is 48.2 Å². The summed E-state index contributed by atoms with van der Waals surface area (Å²) in [6.07, 6.45) is 3.14. The first-order valence-corrected chi connectivity index (χ1v) is 4.51. The lowest BCUT2D eigenvalue weighted by Crippen LogP contribution is -2.32. The molecule has 3 nitrogen and oxygen atoms in total. The fourth-order valence-electron chi connectivity index (χ4n) is 1.31. The number of carbonyl (C=O) groups is 1. The number of hydrogen-bond acceptors (Lipinski definition) is 3. The molecule has 1 heterocycles. The minimum Gasteiger partial charge on any atom is -0.433 e. The van der Waals surface area contributed by atoms with Gasteiger partial charge >= 0.3 is 5.97 Å². The van der Waals surface area contributed by atoms with E-state index < -0.39 is 0 Å². The zero-order valence-electron chi connectivity index (χ0n) is 7.64. The molecule has 1 atom stereocenters. The second kappa shape index (κ2) is 4.07. The Kier molecular flexibility index (Phi) is 2.60. The fourth-order valence-corrected chi connectivity index (χ4v) is 1.31. The van der Waals surface area contributed by atoms with Crippen LogP contribution in [-0.2, 0) is 16.1 Å². The fraction of sp³-hybridized carbons (Fsp3) is 0.182. The van der Waals surface area contributed by atoms with Crippen LogP contribution in [0, 0.1) is 0 Å². The highest BCUT2D eigenvalue weighted by Gasteiger charge is 2.20. The van der Waals surface area contributed by atoms with E-state index in [1.165, 1.54) is 6.26 Å². The topological polar surface area (TPSA) is 38.3 Å². The van der Waals surface area contributed by atoms with E-state index in [1.54, 1.807) is 6.08 Å². The summed E-state index contributed by atoms with van der Waals surface area (Å²) < 4.78 is 4.67. The minimum atomic E-state index is -0.296. The van der Waals surface area contributed by atoms with E-state index in [1.807, 2.05) is 30.3 Å². The molecule has 2 rings (SSSR count). The van der Waals surface area contributed by atoms with Gasteiger partial charge in [0.15, 0.2) is 0 Å². The predicted octanol–water partition coefficient (Wildman–Crippen LogP) is 1.22. The second-order valence-electron chi connectivity index (χ2n) is 3.11. The van der Waals surface area contributed by atoms with Gasteiger partial charge in [-0.05, 0) is 11.6 Å². The van der Waals surface area contributed by atoms with Crippen LogP contribution in [0.5, 0.6) is 0 Å². The zero-order chi connectivity index (χ0) is 9.80. The van der Waals surface area contributed by atoms with Gasteiger partial charge < -0.3 is 4.74 Å². The Morgan fingerprint density at radius 1 is 1.29 bits per heavy atom. The molecule has 0 aliphatic carbocycles. The third kappa shape index (κ3) is 2.00. The van der Waals surface area contributed by atoms with E-state index in [0.717, 1.165) is 5.56 Å². The van der Waals surface area contributed by atoms with Crippen molar-refractivity contribution in [1.82, 2.24) is 5.32 Å². The Labute approximate surface area is 82.4 Å². The molecule has 1 aliphatic rings. The molecule has 1 unspecified atom stereocenters. The smallest absolute Gasteiger partial charge is 0.332 e. The molecular formula is C11H11NO2. The summed E-state index contributed by atoms with van der Waals surface area (Å²) in [5.74, 6) is -0.235. The summed E-state index contributed by atoms with van der Waals surface area (Å²) in [4.78, 5) is 11.0. The largest absolute Gasteiger partial charge is 0.433 e. The SMILES string of the molecule is O=C1OC=CC1NCc1ccccc1. The van der Waals surface area contributed by atoms with Crippen LogP contribution in [0.3, 0.4) is 0 Å². The number of nitrogens with one attached hydrogen (secondary N) is 1. The van der Waals surface area contributed by atoms with Crippen molar-refractivity contribution in [1.29, 1.82) is 0 Å². The monoisotopic (exact) mass is 189 g/mol. The van der Waals surface area contributed by atoms with Crippen LogP contribution in [0.2, 0.25) is 0 Å². The van der Waals surface area contributed by atoms with Gasteiger partial charge in [-0.15, -0.1) is 0 Å². The molecule has 1 aromatic rings. The van der Waals surface area contributed by atoms with E-state index in [2.05, 4.69) is 10.1 Å². The summed E-state index contributed by atoms with van der Waals surface area (Å²) in [7, 11) is 0. The van der Waals surface area contributed by atoms with E-state index >= 15 is 0 Å². The number of ether oxygens (including phenoxy) is 1. The molecule has 72 valence electrons. The maximum Gasteiger partial charge on any atom is 0.332 e. The quantitative estimate of drug-likeness (QED) is 0.726. The summed E-state index contributed by atoms with van der Waals surface area (Å²) in [5.41, 5.74) is 1.15. The predicted molar refractivity (Wildman–Crippen MR) is 52.3 cm³/mol. The molecule has 1 aromatic carbocycles. The molecule has 0 spiro atoms. The van der Waals surface area contributed by atoms with Crippen LogP contribution < -0.4 is 5.32 Å². The Balaban J connectivity index is 1.89. The number of benzene rings is 1. The standard InChI is InChI=1S/C11H11NO2/c13-11-10(6-7-14-11)12-8-9-4-2-1-3-5-9/h1-7,10,12H,8H2. The molecule has 0 saturated heterocycles. The minimum absolute atomic E-state index is 0.235. The van der Waals surface area contributed by atoms with E-state index in [4.69, 9.17) is 0 Å². The Hall–Kier alpha value is -1.61. The lowest BCUT2D eigenvalue weighted by Gasteiger charge is -2.07. The van der Waals surface area contributed by atoms with Crippen molar-refractivity contribution in [2.75, 3.05) is 0 Å². The third-order valence-electron chi connectivity index (χ3n) is 2.08. The molecule has 1 aliphatic heterocycles. The van der Waals surface area contributed by atoms with E-state index in [-0.39, 0.29) is 12.0 Å². The maximum atomic E-state index is 11.0. The lowest BCUT2D eigenvalue weighted by atomic mass is 10.2. The Bertz CT molecular complexity index is 346. The van der Waals surface area contributed by atoms with Gasteiger partial charge in [-0.1, -0.05) is 30.3 Å². The van der Waals surface area contributed by atoms with Crippen LogP contribution in [0.4, 0.5) is 0 Å². The van der Waals surface area contributed by atoms with Crippen molar-refractivity contribution in [3.63, 3.8) is 0 Å². The molecule has 0 amide bonds. The van der Waals surface area contributed by atoms with Gasteiger partial charge in [-0.3, -0.25) is 5.32 Å². The highest BCUT2D eigenvalue weighted by molar-refractivity contribution is 5.80. The normalized spacial score (nSPS) is 19.7.